The second-order valence-corrected chi connectivity index (χ2v) is 29.3. The molecule has 0 aliphatic heterocycles. The van der Waals surface area contributed by atoms with Crippen molar-refractivity contribution in [1.29, 1.82) is 0 Å². The van der Waals surface area contributed by atoms with Crippen LogP contribution in [0.4, 0.5) is 8.78 Å². The SMILES string of the molecule is [2H]C(C)(C)C([2H])([2H])c1cc(-c2ccnc(-c3[c-]cccc3)c2)ccc1F.[2H]C([2H])([2H])C([2H])(C)c1cc(-c2ccnc(-c3[c-]cccc3)c2)ccc1F.[2H]C([2H])([2H])c1ccc(-c2[c-]cccc2)nc1.[2H]C([2H])([2H])c1ccc(-c2[c-]cccc2)nc1.[2H]C([2H])([2H])c1ccc(-c2ccc(-c3[c-]cccc3)nc2)cc1.[Ir].[Ir].[Ir].[Ir].[c-]1ccccc1-c1ccc(-c2ccccc2)cn1.[c-]1ccccc1-c1ccccn1.[c-]1ccccc1-c1ccccn1. The maximum atomic E-state index is 14.3. The Balaban J connectivity index is 0.000000194. The Labute approximate surface area is 877 Å². The molecule has 0 bridgehead atoms. The van der Waals surface area contributed by atoms with E-state index >= 15 is 0 Å². The van der Waals surface area contributed by atoms with E-state index in [1.807, 2.05) is 279 Å². The first-order valence-corrected chi connectivity index (χ1v) is 42.1. The summed E-state index contributed by atoms with van der Waals surface area (Å²) in [5, 5.41) is 0. The maximum Gasteiger partial charge on any atom is 0.126 e. The minimum absolute atomic E-state index is 0. The van der Waals surface area contributed by atoms with Crippen molar-refractivity contribution in [3.63, 3.8) is 0 Å². The molecule has 1 atom stereocenters. The van der Waals surface area contributed by atoms with Gasteiger partial charge in [0.1, 0.15) is 11.6 Å². The Hall–Kier alpha value is -13.7. The Morgan fingerprint density at radius 1 is 0.257 bits per heavy atom. The summed E-state index contributed by atoms with van der Waals surface area (Å²) in [4.78, 5) is 34.3. The van der Waals surface area contributed by atoms with E-state index in [9.17, 15) is 8.78 Å². The van der Waals surface area contributed by atoms with Gasteiger partial charge >= 0.3 is 0 Å². The molecule has 4 radical (unpaired) electrons. The van der Waals surface area contributed by atoms with Crippen LogP contribution in [0.2, 0.25) is 0 Å². The third kappa shape index (κ3) is 33.4. The van der Waals surface area contributed by atoms with E-state index < -0.39 is 57.2 Å². The zero-order valence-electron chi connectivity index (χ0n) is 89.8. The van der Waals surface area contributed by atoms with Crippen LogP contribution in [0.15, 0.2) is 444 Å². The molecule has 14 heteroatoms. The van der Waals surface area contributed by atoms with E-state index in [1.165, 1.54) is 63.0 Å². The molecule has 0 saturated heterocycles. The molecule has 0 aliphatic carbocycles. The molecule has 20 rings (SSSR count). The number of halogens is 2. The second-order valence-electron chi connectivity index (χ2n) is 29.3. The summed E-state index contributed by atoms with van der Waals surface area (Å²) < 4.78 is 149. The first-order valence-electron chi connectivity index (χ1n) is 50.1. The van der Waals surface area contributed by atoms with Gasteiger partial charge in [0.2, 0.25) is 0 Å². The number of hydrogen-bond acceptors (Lipinski definition) is 8. The van der Waals surface area contributed by atoms with E-state index in [2.05, 4.69) is 107 Å². The Morgan fingerprint density at radius 3 is 0.868 bits per heavy atom. The fourth-order valence-electron chi connectivity index (χ4n) is 12.9. The van der Waals surface area contributed by atoms with Crippen molar-refractivity contribution in [1.82, 2.24) is 39.9 Å². The summed E-state index contributed by atoms with van der Waals surface area (Å²) in [6.45, 7) is -4.81. The van der Waals surface area contributed by atoms with Crippen LogP contribution in [0.5, 0.6) is 0 Å². The van der Waals surface area contributed by atoms with Crippen molar-refractivity contribution < 1.29 is 111 Å². The van der Waals surface area contributed by atoms with Gasteiger partial charge in [0.25, 0.3) is 0 Å². The van der Waals surface area contributed by atoms with Gasteiger partial charge in [0.15, 0.2) is 0 Å². The van der Waals surface area contributed by atoms with Crippen LogP contribution in [-0.4, -0.2) is 39.9 Å². The van der Waals surface area contributed by atoms with Gasteiger partial charge in [-0.1, -0.05) is 185 Å². The zero-order chi connectivity index (χ0) is 105. The molecule has 8 nitrogen and oxygen atoms in total. The summed E-state index contributed by atoms with van der Waals surface area (Å²) in [6.07, 6.45) is 11.2. The first-order chi connectivity index (χ1) is 70.9. The minimum atomic E-state index is -2.64. The summed E-state index contributed by atoms with van der Waals surface area (Å²) >= 11 is 0. The molecule has 0 saturated carbocycles. The molecule has 8 aromatic heterocycles. The van der Waals surface area contributed by atoms with Gasteiger partial charge in [-0.3, -0.25) is 0 Å². The Kier molecular flexibility index (Phi) is 35.3. The molecule has 1 unspecified atom stereocenters. The van der Waals surface area contributed by atoms with Crippen LogP contribution in [0.1, 0.15) is 83.3 Å². The van der Waals surface area contributed by atoms with E-state index in [1.54, 1.807) is 110 Å². The van der Waals surface area contributed by atoms with Gasteiger partial charge in [-0.05, 0) is 200 Å². The fourth-order valence-corrected chi connectivity index (χ4v) is 12.9. The third-order valence-electron chi connectivity index (χ3n) is 19.5. The van der Waals surface area contributed by atoms with E-state index in [-0.39, 0.29) is 103 Å². The topological polar surface area (TPSA) is 103 Å². The monoisotopic (exact) mass is 2500 g/mol. The Bertz CT molecular complexity index is 7030. The largest absolute Gasteiger partial charge is 0.305 e. The summed E-state index contributed by atoms with van der Waals surface area (Å²) in [7, 11) is 0. The van der Waals surface area contributed by atoms with Crippen molar-refractivity contribution in [2.45, 2.75) is 60.4 Å². The molecular formula is C122H98F2Ir4N8-8. The second kappa shape index (κ2) is 57.1. The number of aromatic nitrogens is 8. The average molecular weight is 2500 g/mol. The van der Waals surface area contributed by atoms with Crippen LogP contribution in [0.3, 0.4) is 0 Å². The molecule has 20 aromatic rings. The normalized spacial score (nSPS) is 12.7. The minimum Gasteiger partial charge on any atom is -0.305 e. The molecule has 8 heterocycles. The average Bonchev–Trinajstić information content (AvgIpc) is 0.772. The van der Waals surface area contributed by atoms with Gasteiger partial charge < -0.3 is 39.9 Å². The molecule has 0 aliphatic rings. The van der Waals surface area contributed by atoms with Gasteiger partial charge in [0.05, 0.1) is 0 Å². The van der Waals surface area contributed by atoms with E-state index in [0.29, 0.717) is 22.4 Å². The third-order valence-corrected chi connectivity index (χ3v) is 19.5. The van der Waals surface area contributed by atoms with Crippen molar-refractivity contribution in [2.75, 3.05) is 0 Å². The molecule has 0 spiro atoms. The number of pyridine rings is 8. The molecule has 136 heavy (non-hydrogen) atoms. The first kappa shape index (κ1) is 84.1. The predicted molar refractivity (Wildman–Crippen MR) is 537 cm³/mol. The standard InChI is InChI=1S/C21H19FN.C20H17FN.C18H14N.C17H12N.2C12H10N.2C11H8N.4Ir/c1-15(2)12-19-13-17(8-9-20(19)22)18-10-11-23-21(14-18)16-6-4-3-5-7-16;1-14(2)18-12-16(8-9-19(18)21)17-10-11-22-20(13-17)15-6-4-3-5-7-15;1-14-7-9-15(10-8-14)17-11-12-18(19-13-17)16-5-3-2-4-6-16;1-3-7-14(8-4-1)16-11-12-17(18-13-16)15-9-5-2-6-10-15;2*1-10-7-8-12(13-9-10)11-5-3-2-4-6-11;2*1-2-6-10(7-3-1)11-8-4-5-9-12-11;;;;/h3-6,8-11,13-15H,12H2,1-2H3;3-6,8-14H,1-2H3;2-5,7-13H,1H3;1-9,11-13H;2*2-5,7-9H,1H3;2*1-6,8-9H;;;;/q8*-1;;;;/i12D2,15D;1D3,14D;1D3;;2*1D3;;;;;;. The number of aryl methyl sites for hydroxylation is 3. The number of benzene rings is 12. The Morgan fingerprint density at radius 2 is 0.551 bits per heavy atom. The summed E-state index contributed by atoms with van der Waals surface area (Å²) in [5.41, 5.74) is 21.8. The van der Waals surface area contributed by atoms with E-state index in [4.69, 9.17) is 21.9 Å². The van der Waals surface area contributed by atoms with Crippen molar-refractivity contribution in [3.05, 3.63) is 532 Å². The van der Waals surface area contributed by atoms with Crippen LogP contribution in [0, 0.1) is 86.6 Å². The molecule has 0 amide bonds. The number of hydrogen-bond donors (Lipinski definition) is 0. The number of rotatable bonds is 15. The zero-order valence-corrected chi connectivity index (χ0v) is 83.4. The van der Waals surface area contributed by atoms with Gasteiger partial charge in [-0.2, -0.15) is 0 Å². The van der Waals surface area contributed by atoms with Gasteiger partial charge in [-0.15, -0.1) is 287 Å². The van der Waals surface area contributed by atoms with Crippen LogP contribution in [-0.2, 0) is 86.8 Å². The quantitative estimate of drug-likeness (QED) is 0.0935. The molecule has 12 aromatic carbocycles. The fraction of sp³-hybridized carbons (Fsp3) is 0.0820. The summed E-state index contributed by atoms with van der Waals surface area (Å²) in [5.74, 6) is -4.87. The van der Waals surface area contributed by atoms with Gasteiger partial charge in [0, 0.05) is 152 Å². The summed E-state index contributed by atoms with van der Waals surface area (Å²) in [6, 6.07) is 145. The molecule has 684 valence electrons. The van der Waals surface area contributed by atoms with Crippen LogP contribution >= 0.6 is 0 Å². The predicted octanol–water partition coefficient (Wildman–Crippen LogP) is 30.6. The van der Waals surface area contributed by atoms with Crippen molar-refractivity contribution >= 4 is 0 Å². The maximum absolute atomic E-state index is 14.3. The molecule has 0 fully saturated rings. The van der Waals surface area contributed by atoms with Gasteiger partial charge in [-0.25, -0.2) is 8.78 Å². The van der Waals surface area contributed by atoms with Crippen molar-refractivity contribution in [3.8, 4) is 135 Å². The van der Waals surface area contributed by atoms with Crippen LogP contribution < -0.4 is 0 Å². The van der Waals surface area contributed by atoms with Crippen molar-refractivity contribution in [2.24, 2.45) is 5.89 Å². The molecule has 0 N–H and O–H groups in total. The smallest absolute Gasteiger partial charge is 0.126 e. The molecular weight excluding hydrogens is 2380 g/mol. The van der Waals surface area contributed by atoms with E-state index in [0.717, 1.165) is 112 Å². The number of nitrogens with zero attached hydrogens (tertiary/aromatic N) is 8. The van der Waals surface area contributed by atoms with Crippen LogP contribution in [0.25, 0.3) is 135 Å².